The van der Waals surface area contributed by atoms with Gasteiger partial charge in [0.1, 0.15) is 11.9 Å². The summed E-state index contributed by atoms with van der Waals surface area (Å²) in [5.41, 5.74) is 1.29. The number of benzene rings is 1. The molecule has 1 aromatic rings. The molecule has 0 spiro atoms. The number of halogens is 1. The van der Waals surface area contributed by atoms with Gasteiger partial charge in [0.25, 0.3) is 0 Å². The maximum absolute atomic E-state index is 11.9. The van der Waals surface area contributed by atoms with Gasteiger partial charge in [-0.2, -0.15) is 0 Å². The Kier molecular flexibility index (Phi) is 5.12. The van der Waals surface area contributed by atoms with Crippen molar-refractivity contribution in [2.75, 3.05) is 26.2 Å². The number of carbonyl (C=O) groups is 1. The van der Waals surface area contributed by atoms with E-state index in [2.05, 4.69) is 11.8 Å². The molecular weight excluding hydrogens is 314 g/mol. The molecule has 3 atom stereocenters. The molecule has 5 heteroatoms. The molecule has 0 N–H and O–H groups in total. The highest BCUT2D eigenvalue weighted by atomic mass is 35.5. The molecule has 1 aliphatic heterocycles. The lowest BCUT2D eigenvalue weighted by Crippen LogP contribution is -2.42. The minimum atomic E-state index is -0.327. The molecule has 0 aromatic heterocycles. The second kappa shape index (κ2) is 7.10. The predicted octanol–water partition coefficient (Wildman–Crippen LogP) is 3.32. The van der Waals surface area contributed by atoms with Crippen molar-refractivity contribution in [3.8, 4) is 5.75 Å². The second-order valence-electron chi connectivity index (χ2n) is 6.34. The third-order valence-electron chi connectivity index (χ3n) is 4.84. The van der Waals surface area contributed by atoms with Gasteiger partial charge in [-0.25, -0.2) is 4.79 Å². The normalized spacial score (nSPS) is 26.5. The molecule has 4 nitrogen and oxygen atoms in total. The number of likely N-dealkylation sites (N-methyl/N-ethyl adjacent to an activating group) is 1. The number of rotatable bonds is 6. The standard InChI is InChI=1S/C18H24ClNO3/c1-3-20-10-13-8-16(13)17(11-20)23-14-5-6-15(12(7-14)9-19)18(21)22-4-2/h5-7,13,16-17H,3-4,8-11H2,1-2H3/t13-,16-,17+/m1/s1. The van der Waals surface area contributed by atoms with E-state index in [9.17, 15) is 4.79 Å². The molecule has 23 heavy (non-hydrogen) atoms. The van der Waals surface area contributed by atoms with Crippen molar-refractivity contribution in [3.63, 3.8) is 0 Å². The summed E-state index contributed by atoms with van der Waals surface area (Å²) in [6, 6.07) is 5.49. The molecule has 1 saturated carbocycles. The van der Waals surface area contributed by atoms with E-state index >= 15 is 0 Å². The summed E-state index contributed by atoms with van der Waals surface area (Å²) in [7, 11) is 0. The first-order valence-corrected chi connectivity index (χ1v) is 8.94. The lowest BCUT2D eigenvalue weighted by molar-refractivity contribution is 0.0525. The van der Waals surface area contributed by atoms with E-state index in [4.69, 9.17) is 21.1 Å². The van der Waals surface area contributed by atoms with Crippen LogP contribution in [0.15, 0.2) is 18.2 Å². The Labute approximate surface area is 142 Å². The van der Waals surface area contributed by atoms with Gasteiger partial charge in [-0.3, -0.25) is 4.90 Å². The number of piperidine rings is 1. The quantitative estimate of drug-likeness (QED) is 0.589. The van der Waals surface area contributed by atoms with E-state index in [1.165, 1.54) is 13.0 Å². The number of nitrogens with zero attached hydrogens (tertiary/aromatic N) is 1. The van der Waals surface area contributed by atoms with E-state index in [1.54, 1.807) is 13.0 Å². The molecule has 1 aliphatic carbocycles. The summed E-state index contributed by atoms with van der Waals surface area (Å²) in [4.78, 5) is 14.4. The van der Waals surface area contributed by atoms with Crippen LogP contribution < -0.4 is 4.74 Å². The Bertz CT molecular complexity index is 577. The van der Waals surface area contributed by atoms with Crippen LogP contribution in [0.4, 0.5) is 0 Å². The maximum atomic E-state index is 11.9. The minimum absolute atomic E-state index is 0.241. The van der Waals surface area contributed by atoms with E-state index < -0.39 is 0 Å². The molecular formula is C18H24ClNO3. The Hall–Kier alpha value is -1.26. The molecule has 0 amide bonds. The lowest BCUT2D eigenvalue weighted by atomic mass is 10.1. The summed E-state index contributed by atoms with van der Waals surface area (Å²) in [6.07, 6.45) is 1.51. The molecule has 1 aromatic carbocycles. The number of likely N-dealkylation sites (tertiary alicyclic amines) is 1. The van der Waals surface area contributed by atoms with Gasteiger partial charge >= 0.3 is 5.97 Å². The molecule has 2 aliphatic rings. The molecule has 1 saturated heterocycles. The summed E-state index contributed by atoms with van der Waals surface area (Å²) in [5, 5.41) is 0. The monoisotopic (exact) mass is 337 g/mol. The van der Waals surface area contributed by atoms with Crippen molar-refractivity contribution in [3.05, 3.63) is 29.3 Å². The zero-order chi connectivity index (χ0) is 16.4. The van der Waals surface area contributed by atoms with Gasteiger partial charge < -0.3 is 9.47 Å². The van der Waals surface area contributed by atoms with Gasteiger partial charge in [0.05, 0.1) is 12.2 Å². The minimum Gasteiger partial charge on any atom is -0.489 e. The number of hydrogen-bond donors (Lipinski definition) is 0. The highest BCUT2D eigenvalue weighted by Gasteiger charge is 2.48. The van der Waals surface area contributed by atoms with Crippen LogP contribution >= 0.6 is 11.6 Å². The number of alkyl halides is 1. The zero-order valence-corrected chi connectivity index (χ0v) is 14.5. The Morgan fingerprint density at radius 1 is 1.35 bits per heavy atom. The van der Waals surface area contributed by atoms with Gasteiger partial charge in [0, 0.05) is 24.9 Å². The average molecular weight is 338 g/mol. The van der Waals surface area contributed by atoms with Gasteiger partial charge in [-0.1, -0.05) is 6.92 Å². The first-order chi connectivity index (χ1) is 11.2. The number of esters is 1. The molecule has 1 heterocycles. The summed E-state index contributed by atoms with van der Waals surface area (Å²) in [6.45, 7) is 7.60. The number of fused-ring (bicyclic) bond motifs is 1. The predicted molar refractivity (Wildman–Crippen MR) is 90.1 cm³/mol. The fraction of sp³-hybridized carbons (Fsp3) is 0.611. The van der Waals surface area contributed by atoms with Crippen LogP contribution in [0.2, 0.25) is 0 Å². The van der Waals surface area contributed by atoms with Crippen LogP contribution in [0.1, 0.15) is 36.2 Å². The third kappa shape index (κ3) is 3.64. The topological polar surface area (TPSA) is 38.8 Å². The van der Waals surface area contributed by atoms with E-state index in [0.717, 1.165) is 30.3 Å². The van der Waals surface area contributed by atoms with E-state index in [1.807, 2.05) is 12.1 Å². The van der Waals surface area contributed by atoms with Gasteiger partial charge in [-0.15, -0.1) is 11.6 Å². The Morgan fingerprint density at radius 2 is 2.17 bits per heavy atom. The van der Waals surface area contributed by atoms with E-state index in [-0.39, 0.29) is 18.0 Å². The SMILES string of the molecule is CCOC(=O)c1ccc(O[C@H]2CN(CC)C[C@H]3C[C@H]32)cc1CCl. The van der Waals surface area contributed by atoms with E-state index in [0.29, 0.717) is 18.1 Å². The molecule has 0 bridgehead atoms. The van der Waals surface area contributed by atoms with Crippen molar-refractivity contribution >= 4 is 17.6 Å². The highest BCUT2D eigenvalue weighted by molar-refractivity contribution is 6.17. The third-order valence-corrected chi connectivity index (χ3v) is 5.12. The summed E-state index contributed by atoms with van der Waals surface area (Å²) < 4.78 is 11.3. The van der Waals surface area contributed by atoms with Crippen LogP contribution in [0, 0.1) is 11.8 Å². The molecule has 3 rings (SSSR count). The Balaban J connectivity index is 1.72. The van der Waals surface area contributed by atoms with Gasteiger partial charge in [0.2, 0.25) is 0 Å². The largest absolute Gasteiger partial charge is 0.489 e. The van der Waals surface area contributed by atoms with Gasteiger partial charge in [0.15, 0.2) is 0 Å². The fourth-order valence-electron chi connectivity index (χ4n) is 3.45. The van der Waals surface area contributed by atoms with Crippen molar-refractivity contribution in [1.82, 2.24) is 4.90 Å². The van der Waals surface area contributed by atoms with Crippen molar-refractivity contribution in [1.29, 1.82) is 0 Å². The van der Waals surface area contributed by atoms with Crippen molar-refractivity contribution in [2.45, 2.75) is 32.3 Å². The summed E-state index contributed by atoms with van der Waals surface area (Å²) >= 11 is 6.00. The molecule has 0 radical (unpaired) electrons. The molecule has 126 valence electrons. The zero-order valence-electron chi connectivity index (χ0n) is 13.8. The highest BCUT2D eigenvalue weighted by Crippen LogP contribution is 2.46. The number of carbonyl (C=O) groups excluding carboxylic acids is 1. The van der Waals surface area contributed by atoms with Crippen molar-refractivity contribution < 1.29 is 14.3 Å². The maximum Gasteiger partial charge on any atom is 0.338 e. The Morgan fingerprint density at radius 3 is 2.87 bits per heavy atom. The smallest absolute Gasteiger partial charge is 0.338 e. The van der Waals surface area contributed by atoms with Crippen molar-refractivity contribution in [2.24, 2.45) is 11.8 Å². The lowest BCUT2D eigenvalue weighted by Gasteiger charge is -2.31. The first kappa shape index (κ1) is 16.6. The first-order valence-electron chi connectivity index (χ1n) is 8.41. The number of hydrogen-bond acceptors (Lipinski definition) is 4. The van der Waals surface area contributed by atoms with Gasteiger partial charge in [-0.05, 0) is 49.6 Å². The van der Waals surface area contributed by atoms with Crippen LogP contribution in [0.3, 0.4) is 0 Å². The molecule has 0 unspecified atom stereocenters. The number of ether oxygens (including phenoxy) is 2. The summed E-state index contributed by atoms with van der Waals surface area (Å²) in [5.74, 6) is 2.21. The average Bonchev–Trinajstić information content (AvgIpc) is 3.34. The molecule has 2 fully saturated rings. The van der Waals surface area contributed by atoms with Crippen LogP contribution in [0.5, 0.6) is 5.75 Å². The fourth-order valence-corrected chi connectivity index (χ4v) is 3.67. The van der Waals surface area contributed by atoms with Crippen LogP contribution in [-0.2, 0) is 10.6 Å². The second-order valence-corrected chi connectivity index (χ2v) is 6.61. The van der Waals surface area contributed by atoms with Crippen LogP contribution in [-0.4, -0.2) is 43.2 Å². The van der Waals surface area contributed by atoms with Crippen LogP contribution in [0.25, 0.3) is 0 Å².